The van der Waals surface area contributed by atoms with Gasteiger partial charge in [-0.2, -0.15) is 0 Å². The minimum absolute atomic E-state index is 0.178. The van der Waals surface area contributed by atoms with E-state index in [0.29, 0.717) is 6.08 Å². The first-order valence-corrected chi connectivity index (χ1v) is 3.81. The normalized spacial score (nSPS) is 10.4. The van der Waals surface area contributed by atoms with Gasteiger partial charge in [-0.1, -0.05) is 6.08 Å². The lowest BCUT2D eigenvalue weighted by atomic mass is 10.3. The Balaban J connectivity index is 0. The first-order valence-electron chi connectivity index (χ1n) is 3.81. The van der Waals surface area contributed by atoms with E-state index < -0.39 is 17.9 Å². The topological polar surface area (TPSA) is 112 Å². The molecule has 0 unspecified atom stereocenters. The Kier molecular flexibility index (Phi) is 8.69. The highest BCUT2D eigenvalue weighted by molar-refractivity contribution is 5.93. The van der Waals surface area contributed by atoms with Gasteiger partial charge in [0.2, 0.25) is 0 Å². The van der Waals surface area contributed by atoms with Gasteiger partial charge in [0.05, 0.1) is 0 Å². The lowest BCUT2D eigenvalue weighted by Gasteiger charge is -1.86. The van der Waals surface area contributed by atoms with Gasteiger partial charge in [0, 0.05) is 17.7 Å². The highest BCUT2D eigenvalue weighted by atomic mass is 16.4. The Morgan fingerprint density at radius 2 is 1.47 bits per heavy atom. The molecule has 15 heavy (non-hydrogen) atoms. The van der Waals surface area contributed by atoms with Crippen molar-refractivity contribution in [3.63, 3.8) is 0 Å². The molecule has 0 saturated carbocycles. The summed E-state index contributed by atoms with van der Waals surface area (Å²) in [7, 11) is 0. The van der Waals surface area contributed by atoms with Gasteiger partial charge in [0.25, 0.3) is 0 Å². The van der Waals surface area contributed by atoms with E-state index in [0.717, 1.165) is 6.08 Å². The van der Waals surface area contributed by atoms with E-state index in [4.69, 9.17) is 15.3 Å². The number of hydrogen-bond acceptors (Lipinski definition) is 3. The predicted molar refractivity (Wildman–Crippen MR) is 51.5 cm³/mol. The maximum Gasteiger partial charge on any atom is 0.331 e. The third-order valence-corrected chi connectivity index (χ3v) is 0.987. The van der Waals surface area contributed by atoms with E-state index in [-0.39, 0.29) is 5.57 Å². The quantitative estimate of drug-likeness (QED) is 0.600. The lowest BCUT2D eigenvalue weighted by molar-refractivity contribution is -0.135. The van der Waals surface area contributed by atoms with E-state index in [1.807, 2.05) is 0 Å². The van der Waals surface area contributed by atoms with Gasteiger partial charge in [-0.05, 0) is 13.8 Å². The van der Waals surface area contributed by atoms with Crippen molar-refractivity contribution < 1.29 is 29.7 Å². The molecule has 0 aliphatic carbocycles. The van der Waals surface area contributed by atoms with Gasteiger partial charge in [-0.3, -0.25) is 0 Å². The van der Waals surface area contributed by atoms with Gasteiger partial charge < -0.3 is 15.3 Å². The molecule has 0 atom stereocenters. The molecule has 0 fully saturated rings. The second kappa shape index (κ2) is 8.49. The molecule has 0 aromatic rings. The van der Waals surface area contributed by atoms with Crippen LogP contribution in [0.5, 0.6) is 0 Å². The van der Waals surface area contributed by atoms with E-state index in [1.165, 1.54) is 13.0 Å². The first kappa shape index (κ1) is 15.4. The summed E-state index contributed by atoms with van der Waals surface area (Å²) >= 11 is 0. The SMILES string of the molecule is C/C(=C/C(=O)O)C(=O)O.CC=CC(=O)O. The largest absolute Gasteiger partial charge is 0.478 e. The average Bonchev–Trinajstić information content (AvgIpc) is 2.03. The van der Waals surface area contributed by atoms with Crippen molar-refractivity contribution >= 4 is 17.9 Å². The second-order valence-electron chi connectivity index (χ2n) is 2.31. The van der Waals surface area contributed by atoms with Gasteiger partial charge in [-0.25, -0.2) is 14.4 Å². The summed E-state index contributed by atoms with van der Waals surface area (Å²) in [5.41, 5.74) is -0.178. The lowest BCUT2D eigenvalue weighted by Crippen LogP contribution is -1.99. The van der Waals surface area contributed by atoms with Crippen molar-refractivity contribution in [2.75, 3.05) is 0 Å². The monoisotopic (exact) mass is 216 g/mol. The number of aliphatic carboxylic acids is 3. The standard InChI is InChI=1S/C5H6O4.C4H6O2/c1-3(5(8)9)2-4(6)7;1-2-3-4(5)6/h2H,1H3,(H,6,7)(H,8,9);2-3H,1H3,(H,5,6)/b3-2-;. The molecule has 6 heteroatoms. The minimum atomic E-state index is -1.24. The molecular formula is C9H12O6. The Morgan fingerprint density at radius 3 is 1.53 bits per heavy atom. The van der Waals surface area contributed by atoms with Crippen LogP contribution in [0.4, 0.5) is 0 Å². The van der Waals surface area contributed by atoms with Gasteiger partial charge >= 0.3 is 17.9 Å². The van der Waals surface area contributed by atoms with Crippen molar-refractivity contribution in [3.8, 4) is 0 Å². The van der Waals surface area contributed by atoms with Crippen molar-refractivity contribution in [2.45, 2.75) is 13.8 Å². The number of allylic oxidation sites excluding steroid dienone is 1. The summed E-state index contributed by atoms with van der Waals surface area (Å²) < 4.78 is 0. The molecule has 0 amide bonds. The van der Waals surface area contributed by atoms with Crippen molar-refractivity contribution in [1.29, 1.82) is 0 Å². The third-order valence-electron chi connectivity index (χ3n) is 0.987. The minimum Gasteiger partial charge on any atom is -0.478 e. The fraction of sp³-hybridized carbons (Fsp3) is 0.222. The predicted octanol–water partition coefficient (Wildman–Crippen LogP) is 0.749. The van der Waals surface area contributed by atoms with Crippen LogP contribution in [0.15, 0.2) is 23.8 Å². The summed E-state index contributed by atoms with van der Waals surface area (Å²) in [4.78, 5) is 29.2. The zero-order valence-corrected chi connectivity index (χ0v) is 8.30. The zero-order valence-electron chi connectivity index (χ0n) is 8.30. The zero-order chi connectivity index (χ0) is 12.4. The fourth-order valence-electron chi connectivity index (χ4n) is 0.390. The van der Waals surface area contributed by atoms with Crippen molar-refractivity contribution in [3.05, 3.63) is 23.8 Å². The van der Waals surface area contributed by atoms with Gasteiger partial charge in [-0.15, -0.1) is 0 Å². The summed E-state index contributed by atoms with van der Waals surface area (Å²) in [6.07, 6.45) is 3.20. The van der Waals surface area contributed by atoms with Crippen LogP contribution in [0.25, 0.3) is 0 Å². The summed E-state index contributed by atoms with van der Waals surface area (Å²) in [5, 5.41) is 23.9. The third kappa shape index (κ3) is 14.7. The van der Waals surface area contributed by atoms with Crippen LogP contribution in [0, 0.1) is 0 Å². The van der Waals surface area contributed by atoms with E-state index in [1.54, 1.807) is 6.92 Å². The number of hydrogen-bond donors (Lipinski definition) is 3. The Bertz CT molecular complexity index is 300. The molecule has 84 valence electrons. The van der Waals surface area contributed by atoms with E-state index >= 15 is 0 Å². The van der Waals surface area contributed by atoms with Crippen molar-refractivity contribution in [1.82, 2.24) is 0 Å². The molecule has 0 aromatic heterocycles. The van der Waals surface area contributed by atoms with Crippen LogP contribution in [0.3, 0.4) is 0 Å². The molecule has 0 bridgehead atoms. The van der Waals surface area contributed by atoms with Gasteiger partial charge in [0.15, 0.2) is 0 Å². The molecule has 0 rings (SSSR count). The molecule has 0 spiro atoms. The van der Waals surface area contributed by atoms with Crippen LogP contribution in [0.2, 0.25) is 0 Å². The van der Waals surface area contributed by atoms with E-state index in [2.05, 4.69) is 0 Å². The van der Waals surface area contributed by atoms with Gasteiger partial charge in [0.1, 0.15) is 0 Å². The smallest absolute Gasteiger partial charge is 0.331 e. The highest BCUT2D eigenvalue weighted by Gasteiger charge is 2.00. The maximum atomic E-state index is 9.90. The number of rotatable bonds is 3. The molecule has 0 aliphatic heterocycles. The van der Waals surface area contributed by atoms with Crippen LogP contribution in [-0.4, -0.2) is 33.2 Å². The Hall–Kier alpha value is -2.11. The Labute approximate surface area is 86.2 Å². The molecule has 6 nitrogen and oxygen atoms in total. The second-order valence-corrected chi connectivity index (χ2v) is 2.31. The maximum absolute atomic E-state index is 9.90. The molecule has 0 saturated heterocycles. The van der Waals surface area contributed by atoms with Crippen molar-refractivity contribution in [2.24, 2.45) is 0 Å². The number of carboxylic acid groups (broad SMARTS) is 3. The number of carbonyl (C=O) groups is 3. The molecule has 0 aromatic carbocycles. The summed E-state index contributed by atoms with van der Waals surface area (Å²) in [6.45, 7) is 2.88. The van der Waals surface area contributed by atoms with Crippen LogP contribution >= 0.6 is 0 Å². The molecule has 3 N–H and O–H groups in total. The highest BCUT2D eigenvalue weighted by Crippen LogP contribution is 1.89. The van der Waals surface area contributed by atoms with Crippen LogP contribution < -0.4 is 0 Å². The first-order chi connectivity index (χ1) is 6.81. The molecule has 0 heterocycles. The summed E-state index contributed by atoms with van der Waals surface area (Å²) in [6, 6.07) is 0. The average molecular weight is 216 g/mol. The van der Waals surface area contributed by atoms with Crippen LogP contribution in [-0.2, 0) is 14.4 Å². The fourth-order valence-corrected chi connectivity index (χ4v) is 0.390. The Morgan fingerprint density at radius 1 is 1.00 bits per heavy atom. The van der Waals surface area contributed by atoms with Crippen LogP contribution in [0.1, 0.15) is 13.8 Å². The van der Waals surface area contributed by atoms with E-state index in [9.17, 15) is 14.4 Å². The molecule has 0 radical (unpaired) electrons. The molecule has 0 aliphatic rings. The number of carboxylic acids is 3. The molecular weight excluding hydrogens is 204 g/mol. The summed E-state index contributed by atoms with van der Waals surface area (Å²) in [5.74, 6) is -3.34.